The zero-order chi connectivity index (χ0) is 18.4. The van der Waals surface area contributed by atoms with Gasteiger partial charge in [-0.05, 0) is 42.3 Å². The number of nitrogens with one attached hydrogen (secondary N) is 2. The van der Waals surface area contributed by atoms with Crippen LogP contribution >= 0.6 is 0 Å². The van der Waals surface area contributed by atoms with Gasteiger partial charge in [0.2, 0.25) is 0 Å². The van der Waals surface area contributed by atoms with Gasteiger partial charge in [0.1, 0.15) is 18.1 Å². The van der Waals surface area contributed by atoms with E-state index in [4.69, 9.17) is 4.74 Å². The Hall–Kier alpha value is -2.40. The summed E-state index contributed by atoms with van der Waals surface area (Å²) in [6, 6.07) is 15.3. The average Bonchev–Trinajstić information content (AvgIpc) is 3.48. The molecule has 1 saturated carbocycles. The average molecular weight is 357 g/mol. The molecule has 4 nitrogen and oxygen atoms in total. The van der Waals surface area contributed by atoms with E-state index in [0.717, 1.165) is 12.3 Å². The molecule has 5 heteroatoms. The number of halogens is 1. The van der Waals surface area contributed by atoms with E-state index in [2.05, 4.69) is 17.4 Å². The van der Waals surface area contributed by atoms with Gasteiger partial charge in [-0.2, -0.15) is 0 Å². The molecule has 0 saturated heterocycles. The number of rotatable bonds is 9. The Morgan fingerprint density at radius 1 is 1.19 bits per heavy atom. The van der Waals surface area contributed by atoms with E-state index < -0.39 is 0 Å². The second kappa shape index (κ2) is 8.81. The van der Waals surface area contributed by atoms with Crippen molar-refractivity contribution in [2.75, 3.05) is 20.2 Å². The van der Waals surface area contributed by atoms with E-state index in [0.29, 0.717) is 31.1 Å². The van der Waals surface area contributed by atoms with Gasteiger partial charge < -0.3 is 15.0 Å². The first-order valence-electron chi connectivity index (χ1n) is 9.13. The first-order chi connectivity index (χ1) is 12.7. The van der Waals surface area contributed by atoms with Gasteiger partial charge in [0, 0.05) is 24.9 Å². The van der Waals surface area contributed by atoms with Crippen molar-refractivity contribution >= 4 is 5.91 Å². The van der Waals surface area contributed by atoms with Gasteiger partial charge in [0.05, 0.1) is 13.2 Å². The summed E-state index contributed by atoms with van der Waals surface area (Å²) in [7, 11) is 1.66. The number of methoxy groups -OCH3 is 1. The predicted octanol–water partition coefficient (Wildman–Crippen LogP) is 1.74. The monoisotopic (exact) mass is 357 g/mol. The van der Waals surface area contributed by atoms with Crippen LogP contribution in [0.3, 0.4) is 0 Å². The number of benzene rings is 2. The third kappa shape index (κ3) is 5.30. The minimum atomic E-state index is -0.216. The van der Waals surface area contributed by atoms with Crippen molar-refractivity contribution in [1.29, 1.82) is 0 Å². The fourth-order valence-electron chi connectivity index (χ4n) is 3.15. The normalized spacial score (nSPS) is 14.7. The van der Waals surface area contributed by atoms with Crippen LogP contribution in [0, 0.1) is 5.82 Å². The SMILES string of the molecule is COc1ccc(C[NH+](CC(=O)NCCc2ccccc2F)C2CC2)cc1. The molecule has 0 spiro atoms. The molecule has 1 unspecified atom stereocenters. The number of carbonyl (C=O) groups excluding carboxylic acids is 1. The van der Waals surface area contributed by atoms with Crippen LogP contribution in [-0.4, -0.2) is 32.1 Å². The Morgan fingerprint density at radius 3 is 2.58 bits per heavy atom. The molecule has 1 aliphatic rings. The summed E-state index contributed by atoms with van der Waals surface area (Å²) in [6.45, 7) is 1.74. The van der Waals surface area contributed by atoms with Gasteiger partial charge in [-0.1, -0.05) is 18.2 Å². The summed E-state index contributed by atoms with van der Waals surface area (Å²) < 4.78 is 18.8. The Bertz CT molecular complexity index is 729. The summed E-state index contributed by atoms with van der Waals surface area (Å²) in [5.74, 6) is 0.649. The highest BCUT2D eigenvalue weighted by Gasteiger charge is 2.34. The highest BCUT2D eigenvalue weighted by atomic mass is 19.1. The quantitative estimate of drug-likeness (QED) is 0.718. The molecule has 1 fully saturated rings. The predicted molar refractivity (Wildman–Crippen MR) is 98.7 cm³/mol. The van der Waals surface area contributed by atoms with E-state index in [1.165, 1.54) is 29.4 Å². The molecule has 138 valence electrons. The first-order valence-corrected chi connectivity index (χ1v) is 9.13. The maximum absolute atomic E-state index is 13.6. The molecule has 0 radical (unpaired) electrons. The number of amides is 1. The molecule has 1 aliphatic carbocycles. The fourth-order valence-corrected chi connectivity index (χ4v) is 3.15. The van der Waals surface area contributed by atoms with Gasteiger partial charge >= 0.3 is 0 Å². The van der Waals surface area contributed by atoms with E-state index in [1.807, 2.05) is 18.2 Å². The summed E-state index contributed by atoms with van der Waals surface area (Å²) in [5, 5.41) is 2.93. The molecule has 0 bridgehead atoms. The van der Waals surface area contributed by atoms with Crippen LogP contribution in [0.4, 0.5) is 4.39 Å². The van der Waals surface area contributed by atoms with Crippen LogP contribution < -0.4 is 15.0 Å². The summed E-state index contributed by atoms with van der Waals surface area (Å²) in [4.78, 5) is 13.6. The lowest BCUT2D eigenvalue weighted by Gasteiger charge is -2.19. The lowest BCUT2D eigenvalue weighted by atomic mass is 10.1. The summed E-state index contributed by atoms with van der Waals surface area (Å²) >= 11 is 0. The van der Waals surface area contributed by atoms with Crippen molar-refractivity contribution in [1.82, 2.24) is 5.32 Å². The molecule has 3 rings (SSSR count). The van der Waals surface area contributed by atoms with Gasteiger partial charge in [-0.25, -0.2) is 4.39 Å². The number of hydrogen-bond acceptors (Lipinski definition) is 2. The summed E-state index contributed by atoms with van der Waals surface area (Å²) in [5.41, 5.74) is 1.84. The molecule has 1 atom stereocenters. The molecule has 0 heterocycles. The fraction of sp³-hybridized carbons (Fsp3) is 0.381. The number of hydrogen-bond donors (Lipinski definition) is 2. The number of quaternary nitrogens is 1. The van der Waals surface area contributed by atoms with Crippen molar-refractivity contribution < 1.29 is 18.8 Å². The summed E-state index contributed by atoms with van der Waals surface area (Å²) in [6.07, 6.45) is 2.86. The third-order valence-electron chi connectivity index (χ3n) is 4.81. The van der Waals surface area contributed by atoms with Gasteiger partial charge in [0.15, 0.2) is 6.54 Å². The Morgan fingerprint density at radius 2 is 1.92 bits per heavy atom. The molecular weight excluding hydrogens is 331 g/mol. The van der Waals surface area contributed by atoms with Crippen LogP contribution in [0.2, 0.25) is 0 Å². The Balaban J connectivity index is 1.48. The van der Waals surface area contributed by atoms with Crippen LogP contribution in [-0.2, 0) is 17.8 Å². The zero-order valence-corrected chi connectivity index (χ0v) is 15.1. The van der Waals surface area contributed by atoms with Gasteiger partial charge in [-0.15, -0.1) is 0 Å². The van der Waals surface area contributed by atoms with E-state index in [-0.39, 0.29) is 11.7 Å². The number of carbonyl (C=O) groups is 1. The third-order valence-corrected chi connectivity index (χ3v) is 4.81. The van der Waals surface area contributed by atoms with Crippen LogP contribution in [0.5, 0.6) is 5.75 Å². The smallest absolute Gasteiger partial charge is 0.275 e. The molecular formula is C21H26FN2O2+. The van der Waals surface area contributed by atoms with Crippen molar-refractivity contribution in [2.45, 2.75) is 31.8 Å². The minimum absolute atomic E-state index is 0.0248. The largest absolute Gasteiger partial charge is 0.497 e. The van der Waals surface area contributed by atoms with E-state index in [1.54, 1.807) is 19.2 Å². The molecule has 2 aromatic rings. The first kappa shape index (κ1) is 18.4. The molecule has 0 aliphatic heterocycles. The Kier molecular flexibility index (Phi) is 6.23. The molecule has 0 aromatic heterocycles. The highest BCUT2D eigenvalue weighted by molar-refractivity contribution is 5.76. The van der Waals surface area contributed by atoms with Crippen molar-refractivity contribution in [3.8, 4) is 5.75 Å². The highest BCUT2D eigenvalue weighted by Crippen LogP contribution is 2.16. The maximum atomic E-state index is 13.6. The molecule has 1 amide bonds. The van der Waals surface area contributed by atoms with Crippen LogP contribution in [0.15, 0.2) is 48.5 Å². The van der Waals surface area contributed by atoms with E-state index >= 15 is 0 Å². The van der Waals surface area contributed by atoms with Crippen molar-refractivity contribution in [2.24, 2.45) is 0 Å². The van der Waals surface area contributed by atoms with Crippen LogP contribution in [0.25, 0.3) is 0 Å². The van der Waals surface area contributed by atoms with Crippen molar-refractivity contribution in [3.05, 3.63) is 65.5 Å². The van der Waals surface area contributed by atoms with Gasteiger partial charge in [0.25, 0.3) is 5.91 Å². The van der Waals surface area contributed by atoms with Crippen LogP contribution in [0.1, 0.15) is 24.0 Å². The topological polar surface area (TPSA) is 42.8 Å². The second-order valence-corrected chi connectivity index (χ2v) is 6.83. The molecule has 2 aromatic carbocycles. The zero-order valence-electron chi connectivity index (χ0n) is 15.1. The second-order valence-electron chi connectivity index (χ2n) is 6.83. The van der Waals surface area contributed by atoms with Crippen molar-refractivity contribution in [3.63, 3.8) is 0 Å². The lowest BCUT2D eigenvalue weighted by Crippen LogP contribution is -3.13. The van der Waals surface area contributed by atoms with E-state index in [9.17, 15) is 9.18 Å². The maximum Gasteiger partial charge on any atom is 0.275 e. The molecule has 2 N–H and O–H groups in total. The number of ether oxygens (including phenoxy) is 1. The molecule has 26 heavy (non-hydrogen) atoms. The van der Waals surface area contributed by atoms with Gasteiger partial charge in [-0.3, -0.25) is 4.79 Å². The minimum Gasteiger partial charge on any atom is -0.497 e. The Labute approximate surface area is 154 Å². The lowest BCUT2D eigenvalue weighted by molar-refractivity contribution is -0.917. The standard InChI is InChI=1S/C21H25FN2O2/c1-26-19-10-6-16(7-11-19)14-24(18-8-9-18)15-21(25)23-13-12-17-4-2-3-5-20(17)22/h2-7,10-11,18H,8-9,12-15H2,1H3,(H,23,25)/p+1.